The number of rotatable bonds is 0. The van der Waals surface area contributed by atoms with Gasteiger partial charge in [-0.2, -0.15) is 25.7 Å². The monoisotopic (exact) mass is 220 g/mol. The molecule has 0 radical (unpaired) electrons. The summed E-state index contributed by atoms with van der Waals surface area (Å²) in [6.45, 7) is 25.5. The van der Waals surface area contributed by atoms with Crippen LogP contribution in [0.1, 0.15) is 41.5 Å². The summed E-state index contributed by atoms with van der Waals surface area (Å²) in [4.78, 5) is 0. The van der Waals surface area contributed by atoms with Crippen molar-refractivity contribution in [1.82, 2.24) is 0 Å². The summed E-state index contributed by atoms with van der Waals surface area (Å²) in [5, 5.41) is 0. The fourth-order valence-corrected chi connectivity index (χ4v) is 0. The summed E-state index contributed by atoms with van der Waals surface area (Å²) in [7, 11) is 0. The summed E-state index contributed by atoms with van der Waals surface area (Å²) < 4.78 is 0. The van der Waals surface area contributed by atoms with Crippen LogP contribution < -0.4 is 0 Å². The molecule has 0 bridgehead atoms. The van der Waals surface area contributed by atoms with Gasteiger partial charge in [0.05, 0.1) is 0 Å². The van der Waals surface area contributed by atoms with Crippen molar-refractivity contribution in [2.24, 2.45) is 11.8 Å². The fraction of sp³-hybridized carbons (Fsp3) is 0.667. The molecule has 0 nitrogen and oxygen atoms in total. The maximum atomic E-state index is 3.64. The van der Waals surface area contributed by atoms with E-state index in [4.69, 9.17) is 0 Å². The third-order valence-electron chi connectivity index (χ3n) is 0. The molecule has 0 aliphatic carbocycles. The van der Waals surface area contributed by atoms with Crippen LogP contribution in [0.4, 0.5) is 0 Å². The van der Waals surface area contributed by atoms with E-state index in [1.165, 1.54) is 0 Å². The maximum absolute atomic E-state index is 3.64. The largest absolute Gasteiger partial charge is 4.00 e. The average molecular weight is 220 g/mol. The molecule has 0 saturated heterocycles. The minimum atomic E-state index is 0. The predicted octanol–water partition coefficient (Wildman–Crippen LogP) is 4.63. The molecular weight excluding hydrogens is 192 g/mol. The van der Waals surface area contributed by atoms with Crippen molar-refractivity contribution >= 4 is 0 Å². The van der Waals surface area contributed by atoms with Crippen molar-refractivity contribution in [3.63, 3.8) is 0 Å². The van der Waals surface area contributed by atoms with Gasteiger partial charge in [0, 0.05) is 0 Å². The first-order valence-electron chi connectivity index (χ1n) is 4.54. The zero-order chi connectivity index (χ0) is 11.2. The molecule has 80 valence electrons. The molecule has 0 N–H and O–H groups in total. The molecule has 1 heteroatoms. The summed E-state index contributed by atoms with van der Waals surface area (Å²) in [5.41, 5.74) is 0. The normalized spacial score (nSPS) is 6.46. The van der Waals surface area contributed by atoms with E-state index < -0.39 is 0 Å². The second-order valence-corrected chi connectivity index (χ2v) is 2.79. The van der Waals surface area contributed by atoms with E-state index in [0.29, 0.717) is 11.8 Å². The molecule has 0 rings (SSSR count). The molecule has 0 saturated carbocycles. The Hall–Kier alpha value is 0.714. The Morgan fingerprint density at radius 1 is 0.615 bits per heavy atom. The van der Waals surface area contributed by atoms with Crippen LogP contribution in [0.15, 0.2) is 0 Å². The molecule has 0 aromatic rings. The first-order valence-corrected chi connectivity index (χ1v) is 4.54. The van der Waals surface area contributed by atoms with Crippen molar-refractivity contribution in [3.05, 3.63) is 27.7 Å². The third kappa shape index (κ3) is 2860. The Labute approximate surface area is 103 Å². The Morgan fingerprint density at radius 2 is 0.615 bits per heavy atom. The Kier molecular flexibility index (Phi) is 86.9. The molecule has 0 aliphatic heterocycles. The SMILES string of the molecule is [CH2-]C.[CH2-]C.[CH2-]C(C)C.[CH2-]C(C)C.[Ti+4]. The molecular formula is C12H28Ti. The zero-order valence-corrected chi connectivity index (χ0v) is 12.0. The molecule has 0 spiro atoms. The van der Waals surface area contributed by atoms with Gasteiger partial charge in [-0.3, -0.25) is 0 Å². The van der Waals surface area contributed by atoms with Crippen molar-refractivity contribution in [3.8, 4) is 0 Å². The van der Waals surface area contributed by atoms with E-state index in [2.05, 4.69) is 55.4 Å². The fourth-order valence-electron chi connectivity index (χ4n) is 0. The molecule has 13 heavy (non-hydrogen) atoms. The predicted molar refractivity (Wildman–Crippen MR) is 62.5 cm³/mol. The van der Waals surface area contributed by atoms with Crippen LogP contribution in [0.5, 0.6) is 0 Å². The third-order valence-corrected chi connectivity index (χ3v) is 0. The maximum Gasteiger partial charge on any atom is 4.00 e. The summed E-state index contributed by atoms with van der Waals surface area (Å²) in [6, 6.07) is 0. The summed E-state index contributed by atoms with van der Waals surface area (Å²) in [6.07, 6.45) is 0. The van der Waals surface area contributed by atoms with Crippen molar-refractivity contribution in [2.75, 3.05) is 0 Å². The summed E-state index contributed by atoms with van der Waals surface area (Å²) >= 11 is 0. The molecule has 0 fully saturated rings. The zero-order valence-electron chi connectivity index (χ0n) is 10.5. The van der Waals surface area contributed by atoms with E-state index in [0.717, 1.165) is 0 Å². The van der Waals surface area contributed by atoms with Crippen LogP contribution in [0.25, 0.3) is 0 Å². The molecule has 0 heterocycles. The van der Waals surface area contributed by atoms with Gasteiger partial charge in [0.25, 0.3) is 0 Å². The van der Waals surface area contributed by atoms with Gasteiger partial charge in [-0.15, -0.1) is 0 Å². The second-order valence-electron chi connectivity index (χ2n) is 2.79. The topological polar surface area (TPSA) is 0 Å². The van der Waals surface area contributed by atoms with Crippen LogP contribution in [0.2, 0.25) is 0 Å². The van der Waals surface area contributed by atoms with Crippen LogP contribution in [-0.4, -0.2) is 0 Å². The van der Waals surface area contributed by atoms with Gasteiger partial charge in [-0.1, -0.05) is 27.7 Å². The first kappa shape index (κ1) is 29.2. The second kappa shape index (κ2) is 38.7. The van der Waals surface area contributed by atoms with Gasteiger partial charge >= 0.3 is 21.7 Å². The van der Waals surface area contributed by atoms with Gasteiger partial charge in [0.15, 0.2) is 0 Å². The van der Waals surface area contributed by atoms with E-state index in [-0.39, 0.29) is 21.7 Å². The van der Waals surface area contributed by atoms with Gasteiger partial charge in [-0.05, 0) is 0 Å². The Bertz CT molecular complexity index is 20.6. The van der Waals surface area contributed by atoms with Crippen LogP contribution >= 0.6 is 0 Å². The van der Waals surface area contributed by atoms with Crippen LogP contribution in [-0.2, 0) is 21.7 Å². The van der Waals surface area contributed by atoms with Crippen molar-refractivity contribution < 1.29 is 21.7 Å². The molecule has 0 aliphatic rings. The van der Waals surface area contributed by atoms with Gasteiger partial charge in [-0.25, -0.2) is 0 Å². The van der Waals surface area contributed by atoms with Gasteiger partial charge in [0.2, 0.25) is 0 Å². The van der Waals surface area contributed by atoms with E-state index in [9.17, 15) is 0 Å². The Balaban J connectivity index is -0.0000000226. The van der Waals surface area contributed by atoms with E-state index >= 15 is 0 Å². The molecule has 0 aromatic carbocycles. The van der Waals surface area contributed by atoms with E-state index in [1.807, 2.05) is 0 Å². The van der Waals surface area contributed by atoms with Crippen LogP contribution in [0.3, 0.4) is 0 Å². The van der Waals surface area contributed by atoms with Gasteiger partial charge < -0.3 is 27.7 Å². The minimum absolute atomic E-state index is 0. The first-order chi connectivity index (χ1) is 5.46. The quantitative estimate of drug-likeness (QED) is 0.412. The van der Waals surface area contributed by atoms with Crippen LogP contribution in [0, 0.1) is 39.5 Å². The summed E-state index contributed by atoms with van der Waals surface area (Å²) in [5.74, 6) is 1.17. The molecule has 0 unspecified atom stereocenters. The number of hydrogen-bond donors (Lipinski definition) is 0. The van der Waals surface area contributed by atoms with E-state index in [1.54, 1.807) is 13.8 Å². The molecule has 0 aromatic heterocycles. The van der Waals surface area contributed by atoms with Crippen molar-refractivity contribution in [2.45, 2.75) is 41.5 Å². The Morgan fingerprint density at radius 3 is 0.615 bits per heavy atom. The standard InChI is InChI=1S/2C4H9.2C2H5.Ti/c2*1-4(2)3;2*1-2;/h2*4H,1H2,2-3H3;2*1H2,2H3;/q4*-1;+4. The minimum Gasteiger partial charge on any atom is -0.346 e. The smallest absolute Gasteiger partial charge is 0.346 e. The number of hydrogen-bond acceptors (Lipinski definition) is 0. The van der Waals surface area contributed by atoms with Crippen molar-refractivity contribution in [1.29, 1.82) is 0 Å². The molecule has 0 atom stereocenters. The average Bonchev–Trinajstić information content (AvgIpc) is 1.93. The van der Waals surface area contributed by atoms with Gasteiger partial charge in [0.1, 0.15) is 0 Å². The molecule has 0 amide bonds.